The van der Waals surface area contributed by atoms with Gasteiger partial charge in [0.2, 0.25) is 0 Å². The van der Waals surface area contributed by atoms with Crippen LogP contribution in [0.1, 0.15) is 5.56 Å². The molecule has 1 heterocycles. The number of benzene rings is 1. The van der Waals surface area contributed by atoms with E-state index in [4.69, 9.17) is 11.6 Å². The molecular weight excluding hydrogens is 336 g/mol. The van der Waals surface area contributed by atoms with Gasteiger partial charge in [-0.15, -0.1) is 0 Å². The minimum Gasteiger partial charge on any atom is -0.310 e. The van der Waals surface area contributed by atoms with E-state index in [-0.39, 0.29) is 5.56 Å². The molecule has 0 atom stereocenters. The average Bonchev–Trinajstić information content (AvgIpc) is 2.28. The summed E-state index contributed by atoms with van der Waals surface area (Å²) in [6.45, 7) is 0.509. The summed E-state index contributed by atoms with van der Waals surface area (Å²) in [7, 11) is 0. The van der Waals surface area contributed by atoms with E-state index in [9.17, 15) is 4.79 Å². The highest BCUT2D eigenvalue weighted by Crippen LogP contribution is 2.15. The maximum absolute atomic E-state index is 11.8. The van der Waals surface area contributed by atoms with E-state index in [0.717, 1.165) is 5.56 Å². The molecule has 0 saturated carbocycles. The molecule has 0 N–H and O–H groups in total. The minimum absolute atomic E-state index is 0.0167. The molecule has 0 bridgehead atoms. The summed E-state index contributed by atoms with van der Waals surface area (Å²) < 4.78 is 2.37. The van der Waals surface area contributed by atoms with Crippen molar-refractivity contribution >= 4 is 34.2 Å². The Balaban J connectivity index is 2.39. The highest BCUT2D eigenvalue weighted by atomic mass is 127. The zero-order chi connectivity index (χ0) is 11.5. The van der Waals surface area contributed by atoms with Crippen LogP contribution in [0.15, 0.2) is 47.4 Å². The standard InChI is InChI=1S/C12H9ClINO/c13-10-5-2-1-4-9(10)8-15-7-3-6-11(14)12(15)16/h1-7H,8H2. The van der Waals surface area contributed by atoms with E-state index in [2.05, 4.69) is 0 Å². The second-order valence-electron chi connectivity index (χ2n) is 3.38. The van der Waals surface area contributed by atoms with Gasteiger partial charge in [0.25, 0.3) is 5.56 Å². The third-order valence-corrected chi connectivity index (χ3v) is 3.46. The summed E-state index contributed by atoms with van der Waals surface area (Å²) in [4.78, 5) is 11.8. The number of hydrogen-bond donors (Lipinski definition) is 0. The number of nitrogens with zero attached hydrogens (tertiary/aromatic N) is 1. The average molecular weight is 346 g/mol. The van der Waals surface area contributed by atoms with Gasteiger partial charge in [0.1, 0.15) is 0 Å². The van der Waals surface area contributed by atoms with Crippen molar-refractivity contribution in [2.75, 3.05) is 0 Å². The molecule has 0 fully saturated rings. The van der Waals surface area contributed by atoms with Crippen molar-refractivity contribution in [1.29, 1.82) is 0 Å². The molecule has 0 aliphatic heterocycles. The molecule has 0 unspecified atom stereocenters. The summed E-state index contributed by atoms with van der Waals surface area (Å²) in [5.74, 6) is 0. The predicted octanol–water partition coefficient (Wildman–Crippen LogP) is 3.15. The van der Waals surface area contributed by atoms with Crippen LogP contribution < -0.4 is 5.56 Å². The van der Waals surface area contributed by atoms with E-state index < -0.39 is 0 Å². The normalized spacial score (nSPS) is 10.4. The van der Waals surface area contributed by atoms with Crippen LogP contribution in [0.25, 0.3) is 0 Å². The Kier molecular flexibility index (Phi) is 3.66. The fourth-order valence-corrected chi connectivity index (χ4v) is 2.16. The lowest BCUT2D eigenvalue weighted by molar-refractivity contribution is 0.755. The first-order chi connectivity index (χ1) is 7.68. The molecule has 2 rings (SSSR count). The minimum atomic E-state index is 0.0167. The first-order valence-corrected chi connectivity index (χ1v) is 6.22. The number of aromatic nitrogens is 1. The van der Waals surface area contributed by atoms with Crippen LogP contribution in [0.5, 0.6) is 0 Å². The summed E-state index contributed by atoms with van der Waals surface area (Å²) in [5, 5.41) is 0.688. The summed E-state index contributed by atoms with van der Waals surface area (Å²) in [5.41, 5.74) is 0.969. The van der Waals surface area contributed by atoms with Crippen LogP contribution in [-0.2, 0) is 6.54 Å². The second-order valence-corrected chi connectivity index (χ2v) is 4.95. The summed E-state index contributed by atoms with van der Waals surface area (Å²) in [6.07, 6.45) is 1.77. The Bertz CT molecular complexity index is 565. The molecule has 0 spiro atoms. The lowest BCUT2D eigenvalue weighted by Crippen LogP contribution is -2.21. The van der Waals surface area contributed by atoms with Gasteiger partial charge >= 0.3 is 0 Å². The van der Waals surface area contributed by atoms with Crippen LogP contribution in [0.3, 0.4) is 0 Å². The second kappa shape index (κ2) is 5.01. The van der Waals surface area contributed by atoms with Crippen molar-refractivity contribution in [1.82, 2.24) is 4.57 Å². The summed E-state index contributed by atoms with van der Waals surface area (Å²) >= 11 is 8.08. The molecule has 0 radical (unpaired) electrons. The smallest absolute Gasteiger partial charge is 0.264 e. The van der Waals surface area contributed by atoms with Crippen molar-refractivity contribution in [2.24, 2.45) is 0 Å². The summed E-state index contributed by atoms with van der Waals surface area (Å²) in [6, 6.07) is 11.2. The van der Waals surface area contributed by atoms with Gasteiger partial charge in [0.05, 0.1) is 10.1 Å². The SMILES string of the molecule is O=c1c(I)cccn1Cc1ccccc1Cl. The van der Waals surface area contributed by atoms with Gasteiger partial charge < -0.3 is 4.57 Å². The molecule has 82 valence electrons. The Hall–Kier alpha value is -0.810. The van der Waals surface area contributed by atoms with E-state index in [1.807, 2.05) is 52.9 Å². The molecule has 0 aliphatic rings. The van der Waals surface area contributed by atoms with Crippen molar-refractivity contribution < 1.29 is 0 Å². The number of hydrogen-bond acceptors (Lipinski definition) is 1. The first-order valence-electron chi connectivity index (χ1n) is 4.77. The Labute approximate surface area is 112 Å². The Morgan fingerprint density at radius 3 is 2.69 bits per heavy atom. The van der Waals surface area contributed by atoms with Crippen molar-refractivity contribution in [3.8, 4) is 0 Å². The van der Waals surface area contributed by atoms with Crippen molar-refractivity contribution in [3.63, 3.8) is 0 Å². The third-order valence-electron chi connectivity index (χ3n) is 2.27. The van der Waals surface area contributed by atoms with Gasteiger partial charge in [-0.25, -0.2) is 0 Å². The molecule has 16 heavy (non-hydrogen) atoms. The highest BCUT2D eigenvalue weighted by molar-refractivity contribution is 14.1. The third kappa shape index (κ3) is 2.47. The van der Waals surface area contributed by atoms with Gasteiger partial charge in [-0.2, -0.15) is 0 Å². The molecule has 1 aromatic heterocycles. The van der Waals surface area contributed by atoms with E-state index >= 15 is 0 Å². The van der Waals surface area contributed by atoms with Crippen LogP contribution in [0.2, 0.25) is 5.02 Å². The number of halogens is 2. The predicted molar refractivity (Wildman–Crippen MR) is 74.0 cm³/mol. The van der Waals surface area contributed by atoms with Crippen LogP contribution in [0.4, 0.5) is 0 Å². The topological polar surface area (TPSA) is 22.0 Å². The number of pyridine rings is 1. The van der Waals surface area contributed by atoms with Crippen LogP contribution >= 0.6 is 34.2 Å². The van der Waals surface area contributed by atoms with Crippen molar-refractivity contribution in [2.45, 2.75) is 6.54 Å². The van der Waals surface area contributed by atoms with Crippen LogP contribution in [-0.4, -0.2) is 4.57 Å². The first kappa shape index (κ1) is 11.7. The van der Waals surface area contributed by atoms with Gasteiger partial charge in [-0.3, -0.25) is 4.79 Å². The fraction of sp³-hybridized carbons (Fsp3) is 0.0833. The van der Waals surface area contributed by atoms with Crippen LogP contribution in [0, 0.1) is 3.57 Å². The Morgan fingerprint density at radius 1 is 1.19 bits per heavy atom. The van der Waals surface area contributed by atoms with E-state index in [1.54, 1.807) is 16.8 Å². The maximum atomic E-state index is 11.8. The van der Waals surface area contributed by atoms with E-state index in [1.165, 1.54) is 0 Å². The maximum Gasteiger partial charge on any atom is 0.264 e. The molecule has 2 aromatic rings. The monoisotopic (exact) mass is 345 g/mol. The molecule has 4 heteroatoms. The zero-order valence-corrected chi connectivity index (χ0v) is 11.3. The molecule has 0 saturated heterocycles. The largest absolute Gasteiger partial charge is 0.310 e. The quantitative estimate of drug-likeness (QED) is 0.767. The highest BCUT2D eigenvalue weighted by Gasteiger charge is 2.03. The molecule has 1 aromatic carbocycles. The fourth-order valence-electron chi connectivity index (χ4n) is 1.44. The van der Waals surface area contributed by atoms with Gasteiger partial charge in [-0.05, 0) is 46.4 Å². The lowest BCUT2D eigenvalue weighted by Gasteiger charge is -2.07. The van der Waals surface area contributed by atoms with E-state index in [0.29, 0.717) is 15.1 Å². The lowest BCUT2D eigenvalue weighted by atomic mass is 10.2. The molecular formula is C12H9ClINO. The van der Waals surface area contributed by atoms with Gasteiger partial charge in [0.15, 0.2) is 0 Å². The van der Waals surface area contributed by atoms with Gasteiger partial charge in [-0.1, -0.05) is 29.8 Å². The van der Waals surface area contributed by atoms with Gasteiger partial charge in [0, 0.05) is 11.2 Å². The number of rotatable bonds is 2. The Morgan fingerprint density at radius 2 is 1.94 bits per heavy atom. The zero-order valence-electron chi connectivity index (χ0n) is 8.36. The molecule has 0 aliphatic carbocycles. The van der Waals surface area contributed by atoms with Crippen molar-refractivity contribution in [3.05, 3.63) is 67.1 Å². The molecule has 2 nitrogen and oxygen atoms in total. The molecule has 0 amide bonds.